The van der Waals surface area contributed by atoms with Crippen LogP contribution in [0.1, 0.15) is 12.0 Å². The Morgan fingerprint density at radius 1 is 1.33 bits per heavy atom. The van der Waals surface area contributed by atoms with Gasteiger partial charge < -0.3 is 10.7 Å². The number of sulfone groups is 1. The topological polar surface area (TPSA) is 97.1 Å². The van der Waals surface area contributed by atoms with Gasteiger partial charge in [-0.15, -0.1) is 0 Å². The molecule has 1 aromatic rings. The number of hydrogen-bond acceptors (Lipinski definition) is 6. The minimum atomic E-state index is -4.51. The zero-order valence-electron chi connectivity index (χ0n) is 10.9. The molecule has 0 spiro atoms. The van der Waals surface area contributed by atoms with Gasteiger partial charge in [-0.25, -0.2) is 19.2 Å². The first-order chi connectivity index (χ1) is 9.69. The number of nitrogens with zero attached hydrogens (tertiary/aromatic N) is 1. The Balaban J connectivity index is 2.09. The van der Waals surface area contributed by atoms with E-state index in [-0.39, 0.29) is 35.6 Å². The maximum atomic E-state index is 12.7. The van der Waals surface area contributed by atoms with Crippen LogP contribution in [-0.4, -0.2) is 31.5 Å². The molecule has 118 valence electrons. The van der Waals surface area contributed by atoms with Crippen LogP contribution in [0.15, 0.2) is 12.1 Å². The number of alkyl halides is 3. The van der Waals surface area contributed by atoms with Gasteiger partial charge in [0.05, 0.1) is 17.1 Å². The molecule has 1 unspecified atom stereocenters. The highest BCUT2D eigenvalue weighted by Gasteiger charge is 2.32. The van der Waals surface area contributed by atoms with Gasteiger partial charge in [0, 0.05) is 6.54 Å². The van der Waals surface area contributed by atoms with Crippen molar-refractivity contribution in [3.63, 3.8) is 0 Å². The van der Waals surface area contributed by atoms with Crippen LogP contribution >= 0.6 is 0 Å². The number of rotatable bonds is 4. The van der Waals surface area contributed by atoms with Crippen molar-refractivity contribution in [2.45, 2.75) is 12.6 Å². The second-order valence-electron chi connectivity index (χ2n) is 4.92. The summed E-state index contributed by atoms with van der Waals surface area (Å²) in [7, 11) is -3.02. The predicted octanol–water partition coefficient (Wildman–Crippen LogP) is 1.23. The second kappa shape index (κ2) is 5.68. The van der Waals surface area contributed by atoms with Gasteiger partial charge >= 0.3 is 6.18 Å². The van der Waals surface area contributed by atoms with Crippen LogP contribution in [0.5, 0.6) is 0 Å². The molecule has 1 aliphatic heterocycles. The molecule has 0 aromatic carbocycles. The van der Waals surface area contributed by atoms with Gasteiger partial charge in [0.25, 0.3) is 0 Å². The summed E-state index contributed by atoms with van der Waals surface area (Å²) in [6.45, 7) is 0.248. The molecule has 2 rings (SSSR count). The Morgan fingerprint density at radius 3 is 2.52 bits per heavy atom. The van der Waals surface area contributed by atoms with Gasteiger partial charge in [0.2, 0.25) is 0 Å². The van der Waals surface area contributed by atoms with Crippen molar-refractivity contribution < 1.29 is 21.6 Å². The normalized spacial score (nSPS) is 21.2. The number of nitrogen functional groups attached to an aromatic ring is 1. The first-order valence-electron chi connectivity index (χ1n) is 6.20. The predicted molar refractivity (Wildman–Crippen MR) is 72.3 cm³/mol. The maximum Gasteiger partial charge on any atom is 0.416 e. The van der Waals surface area contributed by atoms with Crippen LogP contribution in [0.2, 0.25) is 0 Å². The number of hydrazine groups is 1. The Hall–Kier alpha value is -1.55. The van der Waals surface area contributed by atoms with Crippen molar-refractivity contribution in [2.24, 2.45) is 11.8 Å². The molecule has 0 bridgehead atoms. The number of nitrogens with one attached hydrogen (secondary N) is 2. The fraction of sp³-hybridized carbons (Fsp3) is 0.545. The van der Waals surface area contributed by atoms with E-state index in [4.69, 9.17) is 5.84 Å². The number of pyridine rings is 1. The third-order valence-electron chi connectivity index (χ3n) is 3.20. The molecule has 10 heteroatoms. The lowest BCUT2D eigenvalue weighted by atomic mass is 10.1. The van der Waals surface area contributed by atoms with Crippen molar-refractivity contribution in [1.29, 1.82) is 0 Å². The molecule has 0 aliphatic carbocycles. The molecule has 1 fully saturated rings. The third-order valence-corrected chi connectivity index (χ3v) is 5.04. The van der Waals surface area contributed by atoms with Gasteiger partial charge in [-0.05, 0) is 24.5 Å². The van der Waals surface area contributed by atoms with E-state index >= 15 is 0 Å². The Morgan fingerprint density at radius 2 is 2.00 bits per heavy atom. The zero-order chi connectivity index (χ0) is 15.7. The van der Waals surface area contributed by atoms with E-state index in [0.29, 0.717) is 6.42 Å². The van der Waals surface area contributed by atoms with Crippen molar-refractivity contribution >= 4 is 21.5 Å². The van der Waals surface area contributed by atoms with Gasteiger partial charge in [0.1, 0.15) is 11.6 Å². The number of anilines is 2. The molecule has 0 saturated carbocycles. The lowest BCUT2D eigenvalue weighted by Gasteiger charge is -2.14. The fourth-order valence-electron chi connectivity index (χ4n) is 2.14. The summed E-state index contributed by atoms with van der Waals surface area (Å²) in [5.74, 6) is 5.01. The average molecular weight is 324 g/mol. The van der Waals surface area contributed by atoms with E-state index in [0.717, 1.165) is 12.1 Å². The van der Waals surface area contributed by atoms with Crippen LogP contribution in [-0.2, 0) is 16.0 Å². The minimum Gasteiger partial charge on any atom is -0.370 e. The van der Waals surface area contributed by atoms with Gasteiger partial charge in [0.15, 0.2) is 9.84 Å². The van der Waals surface area contributed by atoms with Crippen LogP contribution in [0.4, 0.5) is 24.8 Å². The summed E-state index contributed by atoms with van der Waals surface area (Å²) >= 11 is 0. The molecule has 1 aliphatic rings. The summed E-state index contributed by atoms with van der Waals surface area (Å²) in [4.78, 5) is 3.87. The van der Waals surface area contributed by atoms with E-state index < -0.39 is 21.6 Å². The average Bonchev–Trinajstić information content (AvgIpc) is 2.74. The molecule has 1 saturated heterocycles. The summed E-state index contributed by atoms with van der Waals surface area (Å²) in [6.07, 6.45) is -4.02. The SMILES string of the molecule is NNc1cc(C(F)(F)F)cc(NCC2CCS(=O)(=O)C2)n1. The molecule has 2 heterocycles. The summed E-state index contributed by atoms with van der Waals surface area (Å²) in [5.41, 5.74) is 1.19. The lowest BCUT2D eigenvalue weighted by Crippen LogP contribution is -2.18. The summed E-state index contributed by atoms with van der Waals surface area (Å²) in [5, 5.41) is 2.74. The smallest absolute Gasteiger partial charge is 0.370 e. The summed E-state index contributed by atoms with van der Waals surface area (Å²) < 4.78 is 60.8. The van der Waals surface area contributed by atoms with Crippen LogP contribution < -0.4 is 16.6 Å². The third kappa shape index (κ3) is 4.21. The Labute approximate surface area is 119 Å². The van der Waals surface area contributed by atoms with Crippen molar-refractivity contribution in [3.8, 4) is 0 Å². The van der Waals surface area contributed by atoms with Crippen molar-refractivity contribution in [3.05, 3.63) is 17.7 Å². The number of nitrogens with two attached hydrogens (primary N) is 1. The largest absolute Gasteiger partial charge is 0.416 e. The Kier molecular flexibility index (Phi) is 4.28. The molecular formula is C11H15F3N4O2S. The Bertz CT molecular complexity index is 618. The fourth-order valence-corrected chi connectivity index (χ4v) is 4.00. The molecule has 6 nitrogen and oxygen atoms in total. The minimum absolute atomic E-state index is 0.00192. The summed E-state index contributed by atoms with van der Waals surface area (Å²) in [6, 6.07) is 1.66. The first-order valence-corrected chi connectivity index (χ1v) is 8.02. The first kappa shape index (κ1) is 15.8. The number of aromatic nitrogens is 1. The number of halogens is 3. The molecule has 0 amide bonds. The van der Waals surface area contributed by atoms with Crippen molar-refractivity contribution in [2.75, 3.05) is 28.8 Å². The van der Waals surface area contributed by atoms with Crippen molar-refractivity contribution in [1.82, 2.24) is 4.98 Å². The van der Waals surface area contributed by atoms with E-state index in [9.17, 15) is 21.6 Å². The molecule has 4 N–H and O–H groups in total. The van der Waals surface area contributed by atoms with Gasteiger partial charge in [-0.3, -0.25) is 0 Å². The van der Waals surface area contributed by atoms with E-state index in [2.05, 4.69) is 15.7 Å². The highest BCUT2D eigenvalue weighted by molar-refractivity contribution is 7.91. The molecule has 21 heavy (non-hydrogen) atoms. The van der Waals surface area contributed by atoms with E-state index in [1.807, 2.05) is 0 Å². The lowest BCUT2D eigenvalue weighted by molar-refractivity contribution is -0.137. The second-order valence-corrected chi connectivity index (χ2v) is 7.15. The highest BCUT2D eigenvalue weighted by Crippen LogP contribution is 2.32. The number of hydrogen-bond donors (Lipinski definition) is 3. The standard InChI is InChI=1S/C11H15F3N4O2S/c12-11(13,14)8-3-9(17-10(4-8)18-15)16-5-7-1-2-21(19,20)6-7/h3-4,7H,1-2,5-6,15H2,(H2,16,17,18). The van der Waals surface area contributed by atoms with Gasteiger partial charge in [-0.1, -0.05) is 0 Å². The van der Waals surface area contributed by atoms with E-state index in [1.165, 1.54) is 0 Å². The van der Waals surface area contributed by atoms with Crippen LogP contribution in [0, 0.1) is 5.92 Å². The molecule has 0 radical (unpaired) electrons. The van der Waals surface area contributed by atoms with E-state index in [1.54, 1.807) is 0 Å². The quantitative estimate of drug-likeness (QED) is 0.569. The molecule has 1 aromatic heterocycles. The molecule has 1 atom stereocenters. The zero-order valence-corrected chi connectivity index (χ0v) is 11.8. The maximum absolute atomic E-state index is 12.7. The van der Waals surface area contributed by atoms with Crippen LogP contribution in [0.25, 0.3) is 0 Å². The molecular weight excluding hydrogens is 309 g/mol. The highest BCUT2D eigenvalue weighted by atomic mass is 32.2. The monoisotopic (exact) mass is 324 g/mol. The van der Waals surface area contributed by atoms with Gasteiger partial charge in [-0.2, -0.15) is 13.2 Å². The van der Waals surface area contributed by atoms with Crippen LogP contribution in [0.3, 0.4) is 0 Å².